The molecular formula is C22H30F2N4O+2. The lowest BCUT2D eigenvalue weighted by Gasteiger charge is -2.33. The van der Waals surface area contributed by atoms with Crippen molar-refractivity contribution in [2.24, 2.45) is 0 Å². The van der Waals surface area contributed by atoms with Gasteiger partial charge in [-0.15, -0.1) is 0 Å². The van der Waals surface area contributed by atoms with E-state index in [1.807, 2.05) is 31.2 Å². The van der Waals surface area contributed by atoms with Gasteiger partial charge in [0.1, 0.15) is 6.04 Å². The maximum atomic E-state index is 13.4. The van der Waals surface area contributed by atoms with Gasteiger partial charge in [-0.2, -0.15) is 0 Å². The minimum Gasteiger partial charge on any atom is -0.360 e. The summed E-state index contributed by atoms with van der Waals surface area (Å²) in [6.45, 7) is 9.85. The highest BCUT2D eigenvalue weighted by Crippen LogP contribution is 2.18. The Hall–Kier alpha value is -2.51. The number of nitrogens with one attached hydrogen (secondary N) is 2. The van der Waals surface area contributed by atoms with Crippen LogP contribution in [-0.4, -0.2) is 45.2 Å². The molecule has 2 aromatic rings. The van der Waals surface area contributed by atoms with Gasteiger partial charge < -0.3 is 20.4 Å². The molecule has 1 aliphatic rings. The Morgan fingerprint density at radius 3 is 2.45 bits per heavy atom. The van der Waals surface area contributed by atoms with Gasteiger partial charge in [0.2, 0.25) is 0 Å². The molecule has 1 fully saturated rings. The number of piperazine rings is 1. The molecule has 3 rings (SSSR count). The maximum absolute atomic E-state index is 13.4. The Morgan fingerprint density at radius 1 is 1.14 bits per heavy atom. The molecular weight excluding hydrogens is 374 g/mol. The number of benzene rings is 2. The van der Waals surface area contributed by atoms with Crippen LogP contribution in [0.1, 0.15) is 25.5 Å². The first-order valence-electron chi connectivity index (χ1n) is 10.2. The van der Waals surface area contributed by atoms with Crippen LogP contribution in [-0.2, 0) is 4.79 Å². The lowest BCUT2D eigenvalue weighted by molar-refractivity contribution is -0.898. The van der Waals surface area contributed by atoms with Crippen LogP contribution in [0.15, 0.2) is 42.5 Å². The number of quaternary nitrogens is 2. The van der Waals surface area contributed by atoms with E-state index in [0.717, 1.165) is 37.9 Å². The maximum Gasteiger partial charge on any atom is 0.279 e. The smallest absolute Gasteiger partial charge is 0.279 e. The van der Waals surface area contributed by atoms with E-state index >= 15 is 0 Å². The van der Waals surface area contributed by atoms with Crippen LogP contribution < -0.4 is 20.4 Å². The number of halogens is 2. The SMILES string of the molecule is CC[NH+]1CCN(c2ccc(NC(=O)C[NH2+][C@H](C)c3ccc(F)c(F)c3)cc2)CC1. The molecule has 1 amide bonds. The van der Waals surface area contributed by atoms with Gasteiger partial charge in [-0.05, 0) is 56.3 Å². The lowest BCUT2D eigenvalue weighted by atomic mass is 10.1. The zero-order chi connectivity index (χ0) is 20.8. The normalized spacial score (nSPS) is 15.9. The van der Waals surface area contributed by atoms with Crippen molar-refractivity contribution in [2.75, 3.05) is 49.5 Å². The molecule has 0 bridgehead atoms. The standard InChI is InChI=1S/C22H28F2N4O/c1-3-27-10-12-28(13-11-27)19-7-5-18(6-8-19)26-22(29)15-25-16(2)17-4-9-20(23)21(24)14-17/h4-9,14,16,25H,3,10-13,15H2,1-2H3,(H,26,29)/p+2/t16-/m1/s1. The number of nitrogens with two attached hydrogens (primary N) is 1. The second kappa shape index (κ2) is 9.80. The molecule has 7 heteroatoms. The van der Waals surface area contributed by atoms with Crippen LogP contribution in [0, 0.1) is 11.6 Å². The first-order valence-corrected chi connectivity index (χ1v) is 10.2. The van der Waals surface area contributed by atoms with Crippen molar-refractivity contribution in [1.82, 2.24) is 0 Å². The Labute approximate surface area is 170 Å². The number of carbonyl (C=O) groups excluding carboxylic acids is 1. The molecule has 5 nitrogen and oxygen atoms in total. The van der Waals surface area contributed by atoms with Crippen LogP contribution in [0.4, 0.5) is 20.2 Å². The van der Waals surface area contributed by atoms with E-state index in [1.165, 1.54) is 24.4 Å². The summed E-state index contributed by atoms with van der Waals surface area (Å²) in [6, 6.07) is 11.6. The van der Waals surface area contributed by atoms with Gasteiger partial charge in [0.15, 0.2) is 18.2 Å². The Bertz CT molecular complexity index is 820. The van der Waals surface area contributed by atoms with Gasteiger partial charge >= 0.3 is 0 Å². The third-order valence-electron chi connectivity index (χ3n) is 5.61. The monoisotopic (exact) mass is 404 g/mol. The van der Waals surface area contributed by atoms with E-state index in [0.29, 0.717) is 5.56 Å². The summed E-state index contributed by atoms with van der Waals surface area (Å²) in [4.78, 5) is 16.3. The molecule has 1 atom stereocenters. The topological polar surface area (TPSA) is 53.4 Å². The van der Waals surface area contributed by atoms with Crippen molar-refractivity contribution in [3.8, 4) is 0 Å². The predicted molar refractivity (Wildman–Crippen MR) is 110 cm³/mol. The van der Waals surface area contributed by atoms with E-state index < -0.39 is 11.6 Å². The van der Waals surface area contributed by atoms with Crippen LogP contribution >= 0.6 is 0 Å². The molecule has 0 unspecified atom stereocenters. The van der Waals surface area contributed by atoms with Crippen LogP contribution in [0.3, 0.4) is 0 Å². The predicted octanol–water partition coefficient (Wildman–Crippen LogP) is 0.953. The highest BCUT2D eigenvalue weighted by molar-refractivity contribution is 5.91. The summed E-state index contributed by atoms with van der Waals surface area (Å²) in [7, 11) is 0. The molecule has 0 radical (unpaired) electrons. The van der Waals surface area contributed by atoms with Gasteiger partial charge in [-0.25, -0.2) is 8.78 Å². The summed E-state index contributed by atoms with van der Waals surface area (Å²) in [5.74, 6) is -1.87. The van der Waals surface area contributed by atoms with Crippen LogP contribution in [0.2, 0.25) is 0 Å². The van der Waals surface area contributed by atoms with E-state index in [4.69, 9.17) is 0 Å². The average Bonchev–Trinajstić information content (AvgIpc) is 2.74. The Balaban J connectivity index is 1.47. The zero-order valence-electron chi connectivity index (χ0n) is 17.1. The Morgan fingerprint density at radius 2 is 1.83 bits per heavy atom. The summed E-state index contributed by atoms with van der Waals surface area (Å²) in [6.07, 6.45) is 0. The summed E-state index contributed by atoms with van der Waals surface area (Å²) >= 11 is 0. The van der Waals surface area contributed by atoms with Crippen molar-refractivity contribution in [2.45, 2.75) is 19.9 Å². The number of nitrogens with zero attached hydrogens (tertiary/aromatic N) is 1. The largest absolute Gasteiger partial charge is 0.360 e. The first kappa shape index (κ1) is 21.2. The summed E-state index contributed by atoms with van der Waals surface area (Å²) in [5, 5.41) is 4.69. The van der Waals surface area contributed by atoms with Gasteiger partial charge in [0.25, 0.3) is 5.91 Å². The fourth-order valence-electron chi connectivity index (χ4n) is 3.62. The molecule has 2 aromatic carbocycles. The molecule has 29 heavy (non-hydrogen) atoms. The summed E-state index contributed by atoms with van der Waals surface area (Å²) in [5.41, 5.74) is 2.58. The van der Waals surface area contributed by atoms with Gasteiger partial charge in [0, 0.05) is 16.9 Å². The van der Waals surface area contributed by atoms with Gasteiger partial charge in [-0.3, -0.25) is 4.79 Å². The molecule has 0 saturated carbocycles. The number of likely N-dealkylation sites (N-methyl/N-ethyl adjacent to an activating group) is 1. The van der Waals surface area contributed by atoms with Crippen molar-refractivity contribution in [1.29, 1.82) is 0 Å². The fraction of sp³-hybridized carbons (Fsp3) is 0.409. The van der Waals surface area contributed by atoms with E-state index in [1.54, 1.807) is 10.2 Å². The van der Waals surface area contributed by atoms with Crippen molar-refractivity contribution in [3.05, 3.63) is 59.7 Å². The molecule has 156 valence electrons. The third-order valence-corrected chi connectivity index (χ3v) is 5.61. The lowest BCUT2D eigenvalue weighted by Crippen LogP contribution is -3.14. The molecule has 4 N–H and O–H groups in total. The number of hydrogen-bond donors (Lipinski definition) is 3. The third kappa shape index (κ3) is 5.74. The second-order valence-corrected chi connectivity index (χ2v) is 7.59. The van der Waals surface area contributed by atoms with E-state index in [2.05, 4.69) is 17.1 Å². The zero-order valence-corrected chi connectivity index (χ0v) is 17.1. The average molecular weight is 405 g/mol. The minimum atomic E-state index is -0.871. The number of anilines is 2. The summed E-state index contributed by atoms with van der Waals surface area (Å²) < 4.78 is 26.4. The second-order valence-electron chi connectivity index (χ2n) is 7.59. The van der Waals surface area contributed by atoms with E-state index in [-0.39, 0.29) is 18.5 Å². The van der Waals surface area contributed by atoms with Crippen molar-refractivity contribution in [3.63, 3.8) is 0 Å². The van der Waals surface area contributed by atoms with E-state index in [9.17, 15) is 13.6 Å². The fourth-order valence-corrected chi connectivity index (χ4v) is 3.62. The van der Waals surface area contributed by atoms with Gasteiger partial charge in [-0.1, -0.05) is 0 Å². The number of carbonyl (C=O) groups is 1. The molecule has 1 saturated heterocycles. The van der Waals surface area contributed by atoms with Crippen molar-refractivity contribution >= 4 is 17.3 Å². The number of amides is 1. The first-order chi connectivity index (χ1) is 14.0. The van der Waals surface area contributed by atoms with Crippen molar-refractivity contribution < 1.29 is 23.8 Å². The Kier molecular flexibility index (Phi) is 7.17. The van der Waals surface area contributed by atoms with Crippen LogP contribution in [0.25, 0.3) is 0 Å². The van der Waals surface area contributed by atoms with Crippen LogP contribution in [0.5, 0.6) is 0 Å². The molecule has 0 aliphatic carbocycles. The molecule has 0 aromatic heterocycles. The number of hydrogen-bond acceptors (Lipinski definition) is 2. The number of rotatable bonds is 7. The van der Waals surface area contributed by atoms with Gasteiger partial charge in [0.05, 0.1) is 32.7 Å². The molecule has 0 spiro atoms. The quantitative estimate of drug-likeness (QED) is 0.644. The molecule has 1 aliphatic heterocycles. The highest BCUT2D eigenvalue weighted by atomic mass is 19.2. The molecule has 1 heterocycles. The highest BCUT2D eigenvalue weighted by Gasteiger charge is 2.19. The minimum absolute atomic E-state index is 0.132.